The van der Waals surface area contributed by atoms with Crippen LogP contribution in [0.15, 0.2) is 36.7 Å². The molecule has 4 heterocycles. The molecule has 2 bridgehead atoms. The first kappa shape index (κ1) is 15.6. The summed E-state index contributed by atoms with van der Waals surface area (Å²) >= 11 is 0. The van der Waals surface area contributed by atoms with E-state index in [1.807, 2.05) is 24.3 Å². The van der Waals surface area contributed by atoms with Crippen molar-refractivity contribution in [2.24, 2.45) is 11.8 Å². The van der Waals surface area contributed by atoms with Crippen molar-refractivity contribution in [2.45, 2.75) is 31.6 Å². The van der Waals surface area contributed by atoms with Crippen molar-refractivity contribution >= 4 is 17.5 Å². The quantitative estimate of drug-likeness (QED) is 0.781. The topological polar surface area (TPSA) is 73.7 Å². The van der Waals surface area contributed by atoms with E-state index in [4.69, 9.17) is 9.47 Å². The Bertz CT molecular complexity index is 864. The molecule has 3 saturated heterocycles. The van der Waals surface area contributed by atoms with Crippen LogP contribution in [0.2, 0.25) is 0 Å². The SMILES string of the molecule is COc1cccc(Cn2cc(N3C(=O)C4C5CCC(O5)C4C3=O)cn2)c1. The molecule has 26 heavy (non-hydrogen) atoms. The van der Waals surface area contributed by atoms with Crippen molar-refractivity contribution in [3.8, 4) is 5.75 Å². The summed E-state index contributed by atoms with van der Waals surface area (Å²) in [6, 6.07) is 7.72. The fourth-order valence-corrected chi connectivity index (χ4v) is 4.48. The Balaban J connectivity index is 1.38. The van der Waals surface area contributed by atoms with Crippen LogP contribution in [0.5, 0.6) is 5.75 Å². The van der Waals surface area contributed by atoms with Crippen molar-refractivity contribution in [2.75, 3.05) is 12.0 Å². The number of hydrogen-bond donors (Lipinski definition) is 0. The first-order valence-electron chi connectivity index (χ1n) is 8.84. The van der Waals surface area contributed by atoms with Gasteiger partial charge in [0, 0.05) is 6.20 Å². The number of nitrogens with zero attached hydrogens (tertiary/aromatic N) is 3. The standard InChI is InChI=1S/C19H19N3O4/c1-25-13-4-2-3-11(7-13)9-21-10-12(8-20-21)22-18(23)16-14-5-6-15(26-14)17(16)19(22)24/h2-4,7-8,10,14-17H,5-6,9H2,1H3. The first-order valence-corrected chi connectivity index (χ1v) is 8.84. The molecule has 0 radical (unpaired) electrons. The number of fused-ring (bicyclic) bond motifs is 5. The Morgan fingerprint density at radius 2 is 1.92 bits per heavy atom. The van der Waals surface area contributed by atoms with Crippen LogP contribution in [0.3, 0.4) is 0 Å². The molecule has 0 aliphatic carbocycles. The third kappa shape index (κ3) is 2.20. The molecule has 3 aliphatic heterocycles. The molecule has 7 nitrogen and oxygen atoms in total. The largest absolute Gasteiger partial charge is 0.497 e. The van der Waals surface area contributed by atoms with Crippen LogP contribution in [0.1, 0.15) is 18.4 Å². The lowest BCUT2D eigenvalue weighted by Crippen LogP contribution is -2.33. The van der Waals surface area contributed by atoms with E-state index < -0.39 is 0 Å². The summed E-state index contributed by atoms with van der Waals surface area (Å²) in [5.41, 5.74) is 1.57. The third-order valence-corrected chi connectivity index (χ3v) is 5.64. The highest BCUT2D eigenvalue weighted by Crippen LogP contribution is 2.49. The molecular weight excluding hydrogens is 334 g/mol. The number of methoxy groups -OCH3 is 1. The lowest BCUT2D eigenvalue weighted by atomic mass is 9.81. The van der Waals surface area contributed by atoms with Gasteiger partial charge in [-0.05, 0) is 30.5 Å². The van der Waals surface area contributed by atoms with Gasteiger partial charge in [-0.1, -0.05) is 12.1 Å². The number of amides is 2. The molecule has 1 aromatic heterocycles. The van der Waals surface area contributed by atoms with Gasteiger partial charge in [-0.2, -0.15) is 5.10 Å². The van der Waals surface area contributed by atoms with Crippen LogP contribution in [0, 0.1) is 11.8 Å². The molecule has 4 unspecified atom stereocenters. The Kier molecular flexibility index (Phi) is 3.40. The third-order valence-electron chi connectivity index (χ3n) is 5.64. The van der Waals surface area contributed by atoms with Gasteiger partial charge in [0.1, 0.15) is 5.75 Å². The number of imide groups is 1. The first-order chi connectivity index (χ1) is 12.7. The highest BCUT2D eigenvalue weighted by molar-refractivity contribution is 6.22. The minimum absolute atomic E-state index is 0.0988. The summed E-state index contributed by atoms with van der Waals surface area (Å²) in [5.74, 6) is -0.143. The number of ether oxygens (including phenoxy) is 2. The average Bonchev–Trinajstić information content (AvgIpc) is 3.40. The van der Waals surface area contributed by atoms with Crippen LogP contribution >= 0.6 is 0 Å². The number of anilines is 1. The molecule has 1 aromatic carbocycles. The summed E-state index contributed by atoms with van der Waals surface area (Å²) in [6.45, 7) is 0.536. The second-order valence-corrected chi connectivity index (χ2v) is 7.10. The Hall–Kier alpha value is -2.67. The molecule has 7 heteroatoms. The van der Waals surface area contributed by atoms with Crippen LogP contribution in [0.4, 0.5) is 5.69 Å². The van der Waals surface area contributed by atoms with E-state index in [1.54, 1.807) is 24.2 Å². The van der Waals surface area contributed by atoms with Crippen LogP contribution < -0.4 is 9.64 Å². The number of carbonyl (C=O) groups excluding carboxylic acids is 2. The zero-order valence-corrected chi connectivity index (χ0v) is 14.4. The minimum Gasteiger partial charge on any atom is -0.497 e. The Morgan fingerprint density at radius 1 is 1.19 bits per heavy atom. The lowest BCUT2D eigenvalue weighted by molar-refractivity contribution is -0.124. The van der Waals surface area contributed by atoms with Crippen molar-refractivity contribution < 1.29 is 19.1 Å². The molecule has 0 N–H and O–H groups in total. The fourth-order valence-electron chi connectivity index (χ4n) is 4.48. The minimum atomic E-state index is -0.317. The van der Waals surface area contributed by atoms with Crippen molar-refractivity contribution in [3.05, 3.63) is 42.2 Å². The second kappa shape index (κ2) is 5.67. The van der Waals surface area contributed by atoms with E-state index in [0.29, 0.717) is 12.2 Å². The number of rotatable bonds is 4. The maximum Gasteiger partial charge on any atom is 0.240 e. The summed E-state index contributed by atoms with van der Waals surface area (Å²) in [7, 11) is 1.63. The Morgan fingerprint density at radius 3 is 2.62 bits per heavy atom. The summed E-state index contributed by atoms with van der Waals surface area (Å²) in [5, 5.41) is 4.33. The molecule has 134 valence electrons. The van der Waals surface area contributed by atoms with Gasteiger partial charge >= 0.3 is 0 Å². The van der Waals surface area contributed by atoms with Gasteiger partial charge in [0.05, 0.1) is 49.6 Å². The maximum atomic E-state index is 12.8. The fraction of sp³-hybridized carbons (Fsp3) is 0.421. The monoisotopic (exact) mass is 353 g/mol. The molecule has 3 fully saturated rings. The predicted octanol–water partition coefficient (Wildman–Crippen LogP) is 1.61. The zero-order chi connectivity index (χ0) is 17.8. The molecule has 0 spiro atoms. The number of carbonyl (C=O) groups is 2. The van der Waals surface area contributed by atoms with E-state index in [0.717, 1.165) is 24.2 Å². The molecule has 3 aliphatic rings. The lowest BCUT2D eigenvalue weighted by Gasteiger charge is -2.15. The molecule has 2 amide bonds. The van der Waals surface area contributed by atoms with E-state index in [2.05, 4.69) is 5.10 Å². The smallest absolute Gasteiger partial charge is 0.240 e. The van der Waals surface area contributed by atoms with Crippen LogP contribution in [-0.2, 0) is 20.9 Å². The van der Waals surface area contributed by atoms with Gasteiger partial charge in [0.2, 0.25) is 11.8 Å². The number of aromatic nitrogens is 2. The van der Waals surface area contributed by atoms with Crippen molar-refractivity contribution in [1.82, 2.24) is 9.78 Å². The van der Waals surface area contributed by atoms with Crippen molar-refractivity contribution in [3.63, 3.8) is 0 Å². The van der Waals surface area contributed by atoms with E-state index in [1.165, 1.54) is 4.90 Å². The van der Waals surface area contributed by atoms with Gasteiger partial charge in [-0.3, -0.25) is 14.3 Å². The average molecular weight is 353 g/mol. The highest BCUT2D eigenvalue weighted by Gasteiger charge is 2.62. The highest BCUT2D eigenvalue weighted by atomic mass is 16.5. The normalized spacial score (nSPS) is 29.5. The zero-order valence-electron chi connectivity index (χ0n) is 14.4. The van der Waals surface area contributed by atoms with E-state index in [9.17, 15) is 9.59 Å². The van der Waals surface area contributed by atoms with Crippen molar-refractivity contribution in [1.29, 1.82) is 0 Å². The summed E-state index contributed by atoms with van der Waals surface area (Å²) in [6.07, 6.45) is 4.87. The number of benzene rings is 1. The molecule has 5 rings (SSSR count). The summed E-state index contributed by atoms with van der Waals surface area (Å²) in [4.78, 5) is 26.9. The second-order valence-electron chi connectivity index (χ2n) is 7.10. The Labute approximate surface area is 150 Å². The van der Waals surface area contributed by atoms with E-state index >= 15 is 0 Å². The summed E-state index contributed by atoms with van der Waals surface area (Å²) < 4.78 is 12.7. The maximum absolute atomic E-state index is 12.8. The van der Waals surface area contributed by atoms with Gasteiger partial charge in [0.15, 0.2) is 0 Å². The van der Waals surface area contributed by atoms with Crippen LogP contribution in [0.25, 0.3) is 0 Å². The molecule has 4 atom stereocenters. The van der Waals surface area contributed by atoms with Crippen LogP contribution in [-0.4, -0.2) is 40.9 Å². The van der Waals surface area contributed by atoms with Gasteiger partial charge in [0.25, 0.3) is 0 Å². The van der Waals surface area contributed by atoms with Gasteiger partial charge < -0.3 is 9.47 Å². The molecule has 2 aromatic rings. The predicted molar refractivity (Wildman–Crippen MR) is 91.7 cm³/mol. The molecular formula is C19H19N3O4. The van der Waals surface area contributed by atoms with Gasteiger partial charge in [-0.15, -0.1) is 0 Å². The number of hydrogen-bond acceptors (Lipinski definition) is 5. The van der Waals surface area contributed by atoms with Gasteiger partial charge in [-0.25, -0.2) is 4.90 Å². The molecule has 0 saturated carbocycles. The van der Waals surface area contributed by atoms with E-state index in [-0.39, 0.29) is 35.9 Å².